The van der Waals surface area contributed by atoms with Gasteiger partial charge in [0.1, 0.15) is 17.5 Å². The smallest absolute Gasteiger partial charge is 0.134 e. The van der Waals surface area contributed by atoms with Gasteiger partial charge in [0.25, 0.3) is 0 Å². The van der Waals surface area contributed by atoms with Gasteiger partial charge in [-0.1, -0.05) is 6.92 Å². The van der Waals surface area contributed by atoms with Gasteiger partial charge in [0, 0.05) is 31.9 Å². The third-order valence-electron chi connectivity index (χ3n) is 3.67. The maximum atomic E-state index is 5.40. The minimum atomic E-state index is 0.698. The largest absolute Gasteiger partial charge is 0.381 e. The van der Waals surface area contributed by atoms with Crippen molar-refractivity contribution in [3.8, 4) is 0 Å². The van der Waals surface area contributed by atoms with Crippen molar-refractivity contribution in [3.05, 3.63) is 11.4 Å². The molecule has 1 aliphatic heterocycles. The Labute approximate surface area is 121 Å². The zero-order valence-corrected chi connectivity index (χ0v) is 12.8. The average molecular weight is 278 g/mol. The van der Waals surface area contributed by atoms with Gasteiger partial charge in [-0.2, -0.15) is 0 Å². The molecule has 0 spiro atoms. The number of anilines is 2. The summed E-state index contributed by atoms with van der Waals surface area (Å²) >= 11 is 0. The van der Waals surface area contributed by atoms with Gasteiger partial charge in [0.2, 0.25) is 0 Å². The molecule has 1 fully saturated rings. The number of nitrogens with zero attached hydrogens (tertiary/aromatic N) is 2. The maximum Gasteiger partial charge on any atom is 0.134 e. The lowest BCUT2D eigenvalue weighted by Gasteiger charge is -2.15. The summed E-state index contributed by atoms with van der Waals surface area (Å²) in [6, 6.07) is 0. The molecule has 1 aliphatic rings. The van der Waals surface area contributed by atoms with E-state index < -0.39 is 0 Å². The van der Waals surface area contributed by atoms with Gasteiger partial charge in [0.05, 0.1) is 0 Å². The number of nitrogens with one attached hydrogen (secondary N) is 2. The van der Waals surface area contributed by atoms with Crippen LogP contribution in [0, 0.1) is 19.8 Å². The molecule has 1 unspecified atom stereocenters. The van der Waals surface area contributed by atoms with Crippen molar-refractivity contribution in [2.75, 3.05) is 36.9 Å². The Morgan fingerprint density at radius 1 is 1.15 bits per heavy atom. The van der Waals surface area contributed by atoms with Gasteiger partial charge in [-0.05, 0) is 39.0 Å². The second-order valence-corrected chi connectivity index (χ2v) is 5.46. The normalized spacial score (nSPS) is 18.2. The average Bonchev–Trinajstić information content (AvgIpc) is 2.94. The molecule has 1 saturated heterocycles. The maximum absolute atomic E-state index is 5.40. The van der Waals surface area contributed by atoms with E-state index >= 15 is 0 Å². The summed E-state index contributed by atoms with van der Waals surface area (Å²) in [7, 11) is 0. The molecular weight excluding hydrogens is 252 g/mol. The van der Waals surface area contributed by atoms with Crippen LogP contribution in [0.15, 0.2) is 0 Å². The van der Waals surface area contributed by atoms with E-state index in [0.29, 0.717) is 5.92 Å². The van der Waals surface area contributed by atoms with Gasteiger partial charge in [0.15, 0.2) is 0 Å². The Bertz CT molecular complexity index is 430. The molecule has 20 heavy (non-hydrogen) atoms. The predicted octanol–water partition coefficient (Wildman–Crippen LogP) is 2.75. The van der Waals surface area contributed by atoms with Crippen molar-refractivity contribution in [2.45, 2.75) is 40.0 Å². The quantitative estimate of drug-likeness (QED) is 0.803. The van der Waals surface area contributed by atoms with E-state index in [4.69, 9.17) is 4.74 Å². The van der Waals surface area contributed by atoms with Crippen LogP contribution < -0.4 is 10.6 Å². The zero-order chi connectivity index (χ0) is 14.4. The van der Waals surface area contributed by atoms with Gasteiger partial charge in [-0.3, -0.25) is 0 Å². The fourth-order valence-corrected chi connectivity index (χ4v) is 2.42. The Balaban J connectivity index is 1.93. The highest BCUT2D eigenvalue weighted by molar-refractivity contribution is 5.57. The molecule has 0 bridgehead atoms. The highest BCUT2D eigenvalue weighted by Gasteiger charge is 2.15. The number of aryl methyl sites for hydroxylation is 1. The molecule has 0 aliphatic carbocycles. The standard InChI is InChI=1S/C15H26N4O/c1-4-7-16-14-11(2)15(19-12(3)18-14)17-8-5-13-6-9-20-10-13/h13H,4-10H2,1-3H3,(H2,16,17,18,19). The highest BCUT2D eigenvalue weighted by Crippen LogP contribution is 2.21. The van der Waals surface area contributed by atoms with Crippen LogP contribution >= 0.6 is 0 Å². The summed E-state index contributed by atoms with van der Waals surface area (Å²) in [5, 5.41) is 6.82. The summed E-state index contributed by atoms with van der Waals surface area (Å²) in [4.78, 5) is 8.99. The Morgan fingerprint density at radius 2 is 1.85 bits per heavy atom. The molecule has 5 heteroatoms. The lowest BCUT2D eigenvalue weighted by atomic mass is 10.1. The van der Waals surface area contributed by atoms with Crippen molar-refractivity contribution >= 4 is 11.6 Å². The summed E-state index contributed by atoms with van der Waals surface area (Å²) in [5.41, 5.74) is 1.10. The van der Waals surface area contributed by atoms with Crippen LogP contribution in [0.25, 0.3) is 0 Å². The molecule has 2 heterocycles. The highest BCUT2D eigenvalue weighted by atomic mass is 16.5. The minimum Gasteiger partial charge on any atom is -0.381 e. The number of aromatic nitrogens is 2. The van der Waals surface area contributed by atoms with Crippen LogP contribution in [0.2, 0.25) is 0 Å². The fraction of sp³-hybridized carbons (Fsp3) is 0.733. The summed E-state index contributed by atoms with van der Waals surface area (Å²) in [5.74, 6) is 3.41. The first-order valence-corrected chi connectivity index (χ1v) is 7.61. The zero-order valence-electron chi connectivity index (χ0n) is 12.8. The van der Waals surface area contributed by atoms with Crippen molar-refractivity contribution in [3.63, 3.8) is 0 Å². The number of ether oxygens (including phenoxy) is 1. The lowest BCUT2D eigenvalue weighted by molar-refractivity contribution is 0.185. The Hall–Kier alpha value is -1.36. The lowest BCUT2D eigenvalue weighted by Crippen LogP contribution is -2.13. The number of hydrogen-bond acceptors (Lipinski definition) is 5. The molecule has 1 aromatic rings. The van der Waals surface area contributed by atoms with Crippen LogP contribution in [0.3, 0.4) is 0 Å². The molecule has 1 aromatic heterocycles. The molecular formula is C15H26N4O. The third-order valence-corrected chi connectivity index (χ3v) is 3.67. The summed E-state index contributed by atoms with van der Waals surface area (Å²) < 4.78 is 5.40. The van der Waals surface area contributed by atoms with Crippen LogP contribution in [-0.2, 0) is 4.74 Å². The molecule has 2 rings (SSSR count). The van der Waals surface area contributed by atoms with Crippen molar-refractivity contribution < 1.29 is 4.74 Å². The second-order valence-electron chi connectivity index (χ2n) is 5.46. The van der Waals surface area contributed by atoms with Gasteiger partial charge in [-0.25, -0.2) is 9.97 Å². The van der Waals surface area contributed by atoms with Crippen molar-refractivity contribution in [2.24, 2.45) is 5.92 Å². The number of rotatable bonds is 7. The first kappa shape index (κ1) is 15.0. The molecule has 0 amide bonds. The molecule has 0 aromatic carbocycles. The van der Waals surface area contributed by atoms with Crippen LogP contribution in [-0.4, -0.2) is 36.3 Å². The van der Waals surface area contributed by atoms with E-state index in [-0.39, 0.29) is 0 Å². The second kappa shape index (κ2) is 7.43. The van der Waals surface area contributed by atoms with Gasteiger partial charge in [-0.15, -0.1) is 0 Å². The first-order chi connectivity index (χ1) is 9.70. The molecule has 0 radical (unpaired) electrons. The van der Waals surface area contributed by atoms with E-state index in [0.717, 1.165) is 62.2 Å². The van der Waals surface area contributed by atoms with E-state index in [1.54, 1.807) is 0 Å². The fourth-order valence-electron chi connectivity index (χ4n) is 2.42. The van der Waals surface area contributed by atoms with Crippen LogP contribution in [0.1, 0.15) is 37.6 Å². The summed E-state index contributed by atoms with van der Waals surface area (Å²) in [6.45, 7) is 9.87. The molecule has 5 nitrogen and oxygen atoms in total. The SMILES string of the molecule is CCCNc1nc(C)nc(NCCC2CCOC2)c1C. The third kappa shape index (κ3) is 4.07. The topological polar surface area (TPSA) is 59.1 Å². The predicted molar refractivity (Wildman–Crippen MR) is 82.3 cm³/mol. The summed E-state index contributed by atoms with van der Waals surface area (Å²) in [6.07, 6.45) is 3.42. The van der Waals surface area contributed by atoms with Gasteiger partial charge < -0.3 is 15.4 Å². The van der Waals surface area contributed by atoms with E-state index in [9.17, 15) is 0 Å². The Kier molecular flexibility index (Phi) is 5.59. The van der Waals surface area contributed by atoms with E-state index in [1.807, 2.05) is 6.92 Å². The minimum absolute atomic E-state index is 0.698. The molecule has 1 atom stereocenters. The van der Waals surface area contributed by atoms with Crippen LogP contribution in [0.5, 0.6) is 0 Å². The van der Waals surface area contributed by atoms with Gasteiger partial charge >= 0.3 is 0 Å². The van der Waals surface area contributed by atoms with E-state index in [2.05, 4.69) is 34.4 Å². The number of hydrogen-bond donors (Lipinski definition) is 2. The van der Waals surface area contributed by atoms with Crippen LogP contribution in [0.4, 0.5) is 11.6 Å². The van der Waals surface area contributed by atoms with Crippen molar-refractivity contribution in [1.29, 1.82) is 0 Å². The Morgan fingerprint density at radius 3 is 2.45 bits per heavy atom. The molecule has 2 N–H and O–H groups in total. The molecule has 0 saturated carbocycles. The van der Waals surface area contributed by atoms with Crippen molar-refractivity contribution in [1.82, 2.24) is 9.97 Å². The monoisotopic (exact) mass is 278 g/mol. The first-order valence-electron chi connectivity index (χ1n) is 7.61. The molecule has 112 valence electrons. The van der Waals surface area contributed by atoms with E-state index in [1.165, 1.54) is 6.42 Å².